The Morgan fingerprint density at radius 3 is 2.78 bits per heavy atom. The van der Waals surface area contributed by atoms with Gasteiger partial charge in [0, 0.05) is 17.5 Å². The molecule has 2 aromatic rings. The van der Waals surface area contributed by atoms with Crippen LogP contribution in [0.3, 0.4) is 0 Å². The number of benzene rings is 2. The van der Waals surface area contributed by atoms with Crippen molar-refractivity contribution in [2.75, 3.05) is 6.61 Å². The second-order valence-corrected chi connectivity index (χ2v) is 5.59. The number of allylic oxidation sites excluding steroid dienone is 1. The summed E-state index contributed by atoms with van der Waals surface area (Å²) >= 11 is 0. The van der Waals surface area contributed by atoms with E-state index >= 15 is 0 Å². The van der Waals surface area contributed by atoms with Crippen LogP contribution in [0.5, 0.6) is 17.2 Å². The van der Waals surface area contributed by atoms with Gasteiger partial charge in [-0.15, -0.1) is 6.58 Å². The van der Waals surface area contributed by atoms with Crippen molar-refractivity contribution in [3.63, 3.8) is 0 Å². The lowest BCUT2D eigenvalue weighted by Gasteiger charge is -2.16. The number of hydrogen-bond donors (Lipinski definition) is 2. The highest BCUT2D eigenvalue weighted by atomic mass is 16.5. The minimum Gasteiger partial charge on any atom is -0.508 e. The lowest BCUT2D eigenvalue weighted by Crippen LogP contribution is -2.17. The smallest absolute Gasteiger partial charge is 0.169 e. The van der Waals surface area contributed by atoms with E-state index in [2.05, 4.69) is 6.58 Å². The molecule has 4 nitrogen and oxygen atoms in total. The van der Waals surface area contributed by atoms with E-state index in [1.807, 2.05) is 30.3 Å². The van der Waals surface area contributed by atoms with Gasteiger partial charge in [-0.1, -0.05) is 36.4 Å². The maximum atomic E-state index is 10.3. The fraction of sp³-hybridized carbons (Fsp3) is 0.263. The maximum Gasteiger partial charge on any atom is 0.169 e. The van der Waals surface area contributed by atoms with E-state index in [1.165, 1.54) is 0 Å². The molecule has 2 aromatic carbocycles. The zero-order chi connectivity index (χ0) is 16.2. The van der Waals surface area contributed by atoms with Gasteiger partial charge in [-0.3, -0.25) is 0 Å². The molecule has 0 saturated carbocycles. The van der Waals surface area contributed by atoms with Crippen LogP contribution in [-0.4, -0.2) is 22.9 Å². The lowest BCUT2D eigenvalue weighted by molar-refractivity contribution is 0.130. The van der Waals surface area contributed by atoms with Gasteiger partial charge >= 0.3 is 0 Å². The molecule has 3 rings (SSSR count). The van der Waals surface area contributed by atoms with E-state index in [4.69, 9.17) is 9.47 Å². The predicted octanol–water partition coefficient (Wildman–Crippen LogP) is 3.00. The zero-order valence-electron chi connectivity index (χ0n) is 12.9. The summed E-state index contributed by atoms with van der Waals surface area (Å²) in [7, 11) is 0. The summed E-state index contributed by atoms with van der Waals surface area (Å²) in [5.74, 6) is 1.34. The van der Waals surface area contributed by atoms with Crippen LogP contribution in [0, 0.1) is 0 Å². The molecule has 4 heteroatoms. The first kappa shape index (κ1) is 15.4. The molecule has 2 N–H and O–H groups in total. The van der Waals surface area contributed by atoms with Crippen molar-refractivity contribution >= 4 is 0 Å². The third-order valence-corrected chi connectivity index (χ3v) is 3.90. The number of aliphatic hydroxyl groups excluding tert-OH is 1. The molecule has 1 aliphatic heterocycles. The molecule has 0 spiro atoms. The molecular weight excluding hydrogens is 292 g/mol. The summed E-state index contributed by atoms with van der Waals surface area (Å²) in [6, 6.07) is 11.5. The molecular formula is C19H20O4. The van der Waals surface area contributed by atoms with Crippen molar-refractivity contribution in [2.24, 2.45) is 0 Å². The first-order valence-corrected chi connectivity index (χ1v) is 7.65. The Morgan fingerprint density at radius 1 is 1.30 bits per heavy atom. The molecule has 1 aliphatic rings. The van der Waals surface area contributed by atoms with Crippen LogP contribution in [0.4, 0.5) is 0 Å². The molecule has 0 fully saturated rings. The van der Waals surface area contributed by atoms with Crippen molar-refractivity contribution in [1.29, 1.82) is 0 Å². The monoisotopic (exact) mass is 312 g/mol. The van der Waals surface area contributed by atoms with Gasteiger partial charge in [-0.05, 0) is 18.1 Å². The molecule has 1 atom stereocenters. The number of aromatic hydroxyl groups is 1. The van der Waals surface area contributed by atoms with Gasteiger partial charge in [-0.25, -0.2) is 0 Å². The number of fused-ring (bicyclic) bond motifs is 1. The van der Waals surface area contributed by atoms with Crippen LogP contribution >= 0.6 is 0 Å². The molecule has 1 unspecified atom stereocenters. The first-order chi connectivity index (χ1) is 11.2. The minimum absolute atomic E-state index is 0.0651. The van der Waals surface area contributed by atoms with Crippen molar-refractivity contribution in [1.82, 2.24) is 0 Å². The Labute approximate surface area is 135 Å². The Kier molecular flexibility index (Phi) is 4.53. The van der Waals surface area contributed by atoms with E-state index in [0.717, 1.165) is 11.1 Å². The summed E-state index contributed by atoms with van der Waals surface area (Å²) < 4.78 is 11.8. The molecule has 0 saturated heterocycles. The molecule has 23 heavy (non-hydrogen) atoms. The van der Waals surface area contributed by atoms with Crippen LogP contribution in [0.2, 0.25) is 0 Å². The average Bonchev–Trinajstić information content (AvgIpc) is 2.98. The first-order valence-electron chi connectivity index (χ1n) is 7.65. The molecule has 0 aliphatic carbocycles. The van der Waals surface area contributed by atoms with Gasteiger partial charge in [0.05, 0.1) is 6.61 Å². The molecule has 0 radical (unpaired) electrons. The second kappa shape index (κ2) is 6.75. The summed E-state index contributed by atoms with van der Waals surface area (Å²) in [5.41, 5.74) is 2.55. The van der Waals surface area contributed by atoms with Gasteiger partial charge in [0.1, 0.15) is 18.5 Å². The third kappa shape index (κ3) is 3.17. The number of aliphatic hydroxyl groups is 1. The molecule has 0 aromatic heterocycles. The fourth-order valence-electron chi connectivity index (χ4n) is 2.78. The quantitative estimate of drug-likeness (QED) is 0.805. The van der Waals surface area contributed by atoms with Crippen LogP contribution in [0.25, 0.3) is 0 Å². The van der Waals surface area contributed by atoms with Gasteiger partial charge in [0.15, 0.2) is 11.5 Å². The Morgan fingerprint density at radius 2 is 2.09 bits per heavy atom. The third-order valence-electron chi connectivity index (χ3n) is 3.90. The highest BCUT2D eigenvalue weighted by Crippen LogP contribution is 2.45. The fourth-order valence-corrected chi connectivity index (χ4v) is 2.78. The summed E-state index contributed by atoms with van der Waals surface area (Å²) in [5, 5.41) is 19.6. The Bertz CT molecular complexity index is 694. The van der Waals surface area contributed by atoms with Crippen LogP contribution in [0.15, 0.2) is 49.1 Å². The second-order valence-electron chi connectivity index (χ2n) is 5.59. The lowest BCUT2D eigenvalue weighted by atomic mass is 10.0. The number of ether oxygens (including phenoxy) is 2. The average molecular weight is 312 g/mol. The highest BCUT2D eigenvalue weighted by molar-refractivity contribution is 5.60. The molecule has 0 bridgehead atoms. The van der Waals surface area contributed by atoms with E-state index in [0.29, 0.717) is 36.5 Å². The van der Waals surface area contributed by atoms with E-state index < -0.39 is 0 Å². The maximum absolute atomic E-state index is 10.3. The SMILES string of the molecule is C=CCc1c(O)cc2c(c1OCc1ccccc1)OC(CO)C2. The van der Waals surface area contributed by atoms with E-state index in [-0.39, 0.29) is 18.5 Å². The van der Waals surface area contributed by atoms with Gasteiger partial charge in [0.2, 0.25) is 0 Å². The summed E-state index contributed by atoms with van der Waals surface area (Å²) in [6.45, 7) is 4.05. The van der Waals surface area contributed by atoms with Crippen molar-refractivity contribution < 1.29 is 19.7 Å². The van der Waals surface area contributed by atoms with E-state index in [9.17, 15) is 10.2 Å². The Balaban J connectivity index is 1.94. The summed E-state index contributed by atoms with van der Waals surface area (Å²) in [4.78, 5) is 0. The van der Waals surface area contributed by atoms with Crippen molar-refractivity contribution in [3.05, 3.63) is 65.7 Å². The van der Waals surface area contributed by atoms with Gasteiger partial charge in [0.25, 0.3) is 0 Å². The van der Waals surface area contributed by atoms with Crippen LogP contribution in [-0.2, 0) is 19.4 Å². The predicted molar refractivity (Wildman–Crippen MR) is 88.0 cm³/mol. The Hall–Kier alpha value is -2.46. The van der Waals surface area contributed by atoms with Crippen molar-refractivity contribution in [3.8, 4) is 17.2 Å². The minimum atomic E-state index is -0.289. The number of phenolic OH excluding ortho intramolecular Hbond substituents is 1. The number of phenols is 1. The molecule has 0 amide bonds. The largest absolute Gasteiger partial charge is 0.508 e. The molecule has 1 heterocycles. The standard InChI is InChI=1S/C19H20O4/c1-2-6-16-17(21)10-14-9-15(11-20)23-18(14)19(16)22-12-13-7-4-3-5-8-13/h2-5,7-8,10,15,20-21H,1,6,9,11-12H2. The topological polar surface area (TPSA) is 58.9 Å². The number of hydrogen-bond acceptors (Lipinski definition) is 4. The normalized spacial score (nSPS) is 15.8. The summed E-state index contributed by atoms with van der Waals surface area (Å²) in [6.07, 6.45) is 2.48. The zero-order valence-corrected chi connectivity index (χ0v) is 12.9. The molecule has 120 valence electrons. The van der Waals surface area contributed by atoms with Gasteiger partial charge in [-0.2, -0.15) is 0 Å². The number of rotatable bonds is 6. The highest BCUT2D eigenvalue weighted by Gasteiger charge is 2.29. The van der Waals surface area contributed by atoms with Crippen molar-refractivity contribution in [2.45, 2.75) is 25.6 Å². The van der Waals surface area contributed by atoms with Crippen LogP contribution < -0.4 is 9.47 Å². The van der Waals surface area contributed by atoms with Crippen LogP contribution in [0.1, 0.15) is 16.7 Å². The van der Waals surface area contributed by atoms with Gasteiger partial charge < -0.3 is 19.7 Å². The van der Waals surface area contributed by atoms with E-state index in [1.54, 1.807) is 12.1 Å².